The average Bonchev–Trinajstić information content (AvgIpc) is 3.03. The molecule has 1 fully saturated rings. The van der Waals surface area contributed by atoms with Gasteiger partial charge >= 0.3 is 0 Å². The zero-order valence-electron chi connectivity index (χ0n) is 19.6. The number of rotatable bonds is 8. The second kappa shape index (κ2) is 10.5. The Bertz CT molecular complexity index is 1070. The van der Waals surface area contributed by atoms with Crippen molar-refractivity contribution in [1.29, 1.82) is 0 Å². The summed E-state index contributed by atoms with van der Waals surface area (Å²) in [5.41, 5.74) is 4.78. The Morgan fingerprint density at radius 2 is 1.52 bits per heavy atom. The minimum absolute atomic E-state index is 0.101. The van der Waals surface area contributed by atoms with Crippen molar-refractivity contribution >= 4 is 16.8 Å². The molecule has 0 atom stereocenters. The van der Waals surface area contributed by atoms with Crippen molar-refractivity contribution in [2.45, 2.75) is 45.2 Å². The summed E-state index contributed by atoms with van der Waals surface area (Å²) in [5, 5.41) is 4.19. The molecule has 1 aromatic heterocycles. The first-order valence-electron chi connectivity index (χ1n) is 12.7. The van der Waals surface area contributed by atoms with Crippen LogP contribution in [-0.4, -0.2) is 59.5 Å². The molecule has 2 aromatic carbocycles. The molecule has 1 amide bonds. The van der Waals surface area contributed by atoms with Gasteiger partial charge < -0.3 is 14.8 Å². The van der Waals surface area contributed by atoms with Crippen LogP contribution in [0.1, 0.15) is 47.3 Å². The molecule has 33 heavy (non-hydrogen) atoms. The first kappa shape index (κ1) is 22.2. The molecule has 5 heteroatoms. The maximum Gasteiger partial charge on any atom is 0.253 e. The number of benzene rings is 2. The number of nitrogens with zero attached hydrogens (tertiary/aromatic N) is 3. The molecule has 5 rings (SSSR count). The first-order valence-corrected chi connectivity index (χ1v) is 12.7. The number of aromatic nitrogens is 1. The maximum atomic E-state index is 12.7. The molecule has 0 radical (unpaired) electrons. The summed E-state index contributed by atoms with van der Waals surface area (Å²) in [6.07, 6.45) is 5.65. The second-order valence-corrected chi connectivity index (χ2v) is 9.51. The lowest BCUT2D eigenvalue weighted by Crippen LogP contribution is -2.46. The van der Waals surface area contributed by atoms with Crippen molar-refractivity contribution in [3.8, 4) is 0 Å². The third kappa shape index (κ3) is 5.15. The van der Waals surface area contributed by atoms with E-state index >= 15 is 0 Å². The molecule has 2 aliphatic heterocycles. The molecule has 1 N–H and O–H groups in total. The zero-order valence-corrected chi connectivity index (χ0v) is 19.6. The molecule has 0 bridgehead atoms. The van der Waals surface area contributed by atoms with Crippen molar-refractivity contribution in [3.63, 3.8) is 0 Å². The Balaban J connectivity index is 1.09. The Morgan fingerprint density at radius 1 is 0.788 bits per heavy atom. The molecule has 0 aliphatic carbocycles. The third-order valence-electron chi connectivity index (χ3n) is 7.25. The number of carbonyl (C=O) groups is 1. The highest BCUT2D eigenvalue weighted by atomic mass is 16.1. The summed E-state index contributed by atoms with van der Waals surface area (Å²) < 4.78 is 2.43. The van der Waals surface area contributed by atoms with Crippen LogP contribution in [0.25, 0.3) is 10.9 Å². The van der Waals surface area contributed by atoms with E-state index in [-0.39, 0.29) is 5.91 Å². The third-order valence-corrected chi connectivity index (χ3v) is 7.25. The van der Waals surface area contributed by atoms with E-state index in [0.29, 0.717) is 0 Å². The van der Waals surface area contributed by atoms with Crippen molar-refractivity contribution < 1.29 is 4.79 Å². The van der Waals surface area contributed by atoms with Gasteiger partial charge in [0.15, 0.2) is 0 Å². The van der Waals surface area contributed by atoms with Gasteiger partial charge in [-0.15, -0.1) is 0 Å². The summed E-state index contributed by atoms with van der Waals surface area (Å²) in [5.74, 6) is 0.101. The number of unbranched alkanes of at least 4 members (excludes halogenated alkanes) is 2. The molecule has 3 heterocycles. The Labute approximate surface area is 197 Å². The second-order valence-electron chi connectivity index (χ2n) is 9.51. The van der Waals surface area contributed by atoms with E-state index in [1.165, 1.54) is 68.8 Å². The number of hydrogen-bond acceptors (Lipinski definition) is 3. The minimum atomic E-state index is 0.101. The molecule has 0 unspecified atom stereocenters. The van der Waals surface area contributed by atoms with Crippen LogP contribution in [0.3, 0.4) is 0 Å². The maximum absolute atomic E-state index is 12.7. The zero-order chi connectivity index (χ0) is 22.5. The Kier molecular flexibility index (Phi) is 7.08. The predicted octanol–water partition coefficient (Wildman–Crippen LogP) is 4.31. The van der Waals surface area contributed by atoms with E-state index in [1.807, 2.05) is 6.07 Å². The quantitative estimate of drug-likeness (QED) is 0.527. The standard InChI is InChI=1S/C28H36N4O/c33-28-27-24-12-5-6-13-25(24)32(26(27)14-9-15-29-28)17-8-2-7-16-30-18-20-31(21-19-30)22-23-10-3-1-4-11-23/h1,3-6,10-13H,2,7-9,14-22H2,(H,29,33). The molecule has 1 saturated heterocycles. The van der Waals surface area contributed by atoms with Gasteiger partial charge in [-0.05, 0) is 43.9 Å². The predicted molar refractivity (Wildman–Crippen MR) is 135 cm³/mol. The van der Waals surface area contributed by atoms with E-state index in [9.17, 15) is 4.79 Å². The fourth-order valence-corrected chi connectivity index (χ4v) is 5.47. The lowest BCUT2D eigenvalue weighted by Gasteiger charge is -2.34. The highest BCUT2D eigenvalue weighted by Crippen LogP contribution is 2.29. The lowest BCUT2D eigenvalue weighted by molar-refractivity contribution is 0.0957. The fraction of sp³-hybridized carbons (Fsp3) is 0.464. The van der Waals surface area contributed by atoms with Crippen molar-refractivity contribution in [1.82, 2.24) is 19.7 Å². The van der Waals surface area contributed by atoms with Crippen LogP contribution < -0.4 is 5.32 Å². The van der Waals surface area contributed by atoms with Crippen LogP contribution in [0.5, 0.6) is 0 Å². The summed E-state index contributed by atoms with van der Waals surface area (Å²) >= 11 is 0. The van der Waals surface area contributed by atoms with Gasteiger partial charge in [0.2, 0.25) is 0 Å². The SMILES string of the molecule is O=C1NCCCc2c1c1ccccc1n2CCCCCN1CCN(Cc2ccccc2)CC1. The van der Waals surface area contributed by atoms with Gasteiger partial charge in [-0.2, -0.15) is 0 Å². The topological polar surface area (TPSA) is 40.5 Å². The van der Waals surface area contributed by atoms with Crippen molar-refractivity contribution in [3.05, 3.63) is 71.4 Å². The highest BCUT2D eigenvalue weighted by Gasteiger charge is 2.24. The Morgan fingerprint density at radius 3 is 2.36 bits per heavy atom. The van der Waals surface area contributed by atoms with E-state index in [2.05, 4.69) is 68.2 Å². The van der Waals surface area contributed by atoms with Crippen LogP contribution in [0.2, 0.25) is 0 Å². The molecule has 3 aromatic rings. The van der Waals surface area contributed by atoms with E-state index in [1.54, 1.807) is 0 Å². The number of aryl methyl sites for hydroxylation is 1. The number of carbonyl (C=O) groups excluding carboxylic acids is 1. The number of amides is 1. The highest BCUT2D eigenvalue weighted by molar-refractivity contribution is 6.08. The van der Waals surface area contributed by atoms with Crippen LogP contribution in [0.4, 0.5) is 0 Å². The van der Waals surface area contributed by atoms with Gasteiger partial charge in [0.1, 0.15) is 0 Å². The lowest BCUT2D eigenvalue weighted by atomic mass is 10.1. The largest absolute Gasteiger partial charge is 0.352 e. The van der Waals surface area contributed by atoms with Gasteiger partial charge in [0.05, 0.1) is 5.56 Å². The Hall–Kier alpha value is -2.63. The van der Waals surface area contributed by atoms with Gasteiger partial charge in [0, 0.05) is 62.4 Å². The number of fused-ring (bicyclic) bond motifs is 3. The van der Waals surface area contributed by atoms with E-state index in [0.717, 1.165) is 43.4 Å². The minimum Gasteiger partial charge on any atom is -0.352 e. The number of nitrogens with one attached hydrogen (secondary N) is 1. The molecular weight excluding hydrogens is 408 g/mol. The summed E-state index contributed by atoms with van der Waals surface area (Å²) in [6.45, 7) is 8.74. The molecule has 2 aliphatic rings. The van der Waals surface area contributed by atoms with E-state index in [4.69, 9.17) is 0 Å². The van der Waals surface area contributed by atoms with Crippen molar-refractivity contribution in [2.24, 2.45) is 0 Å². The number of hydrogen-bond donors (Lipinski definition) is 1. The summed E-state index contributed by atoms with van der Waals surface area (Å²) in [7, 11) is 0. The summed E-state index contributed by atoms with van der Waals surface area (Å²) in [4.78, 5) is 17.9. The molecule has 174 valence electrons. The summed E-state index contributed by atoms with van der Waals surface area (Å²) in [6, 6.07) is 19.2. The monoisotopic (exact) mass is 444 g/mol. The molecule has 0 saturated carbocycles. The van der Waals surface area contributed by atoms with E-state index < -0.39 is 0 Å². The van der Waals surface area contributed by atoms with Gasteiger partial charge in [0.25, 0.3) is 5.91 Å². The van der Waals surface area contributed by atoms with Gasteiger partial charge in [-0.3, -0.25) is 9.69 Å². The van der Waals surface area contributed by atoms with Crippen LogP contribution in [-0.2, 0) is 19.5 Å². The van der Waals surface area contributed by atoms with Gasteiger partial charge in [-0.1, -0.05) is 55.0 Å². The van der Waals surface area contributed by atoms with Crippen LogP contribution in [0, 0.1) is 0 Å². The average molecular weight is 445 g/mol. The molecular formula is C28H36N4O. The first-order chi connectivity index (χ1) is 16.3. The van der Waals surface area contributed by atoms with Crippen molar-refractivity contribution in [2.75, 3.05) is 39.3 Å². The normalized spacial score (nSPS) is 17.6. The van der Waals surface area contributed by atoms with Crippen LogP contribution >= 0.6 is 0 Å². The smallest absolute Gasteiger partial charge is 0.253 e. The fourth-order valence-electron chi connectivity index (χ4n) is 5.47. The van der Waals surface area contributed by atoms with Gasteiger partial charge in [-0.25, -0.2) is 0 Å². The van der Waals surface area contributed by atoms with Crippen LogP contribution in [0.15, 0.2) is 54.6 Å². The molecule has 5 nitrogen and oxygen atoms in total. The number of piperazine rings is 1. The molecule has 0 spiro atoms. The number of para-hydroxylation sites is 1.